The second-order valence-electron chi connectivity index (χ2n) is 5.42. The number of carbonyl (C=O) groups is 1. The zero-order valence-corrected chi connectivity index (χ0v) is 13.5. The van der Waals surface area contributed by atoms with Crippen molar-refractivity contribution in [2.24, 2.45) is 5.92 Å². The molecule has 0 radical (unpaired) electrons. The lowest BCUT2D eigenvalue weighted by molar-refractivity contribution is -0.141. The Morgan fingerprint density at radius 3 is 2.33 bits per heavy atom. The highest BCUT2D eigenvalue weighted by Gasteiger charge is 2.20. The molecule has 0 fully saturated rings. The second kappa shape index (κ2) is 8.67. The van der Waals surface area contributed by atoms with E-state index in [9.17, 15) is 4.79 Å². The Morgan fingerprint density at radius 2 is 1.86 bits per heavy atom. The van der Waals surface area contributed by atoms with E-state index >= 15 is 0 Å². The van der Waals surface area contributed by atoms with E-state index in [1.54, 1.807) is 6.92 Å². The minimum absolute atomic E-state index is 0.192. The smallest absolute Gasteiger partial charge is 0.307 e. The Labute approximate surface area is 127 Å². The first-order valence-electron chi connectivity index (χ1n) is 7.69. The van der Waals surface area contributed by atoms with E-state index in [4.69, 9.17) is 9.84 Å². The highest BCUT2D eigenvalue weighted by molar-refractivity contribution is 5.69. The van der Waals surface area contributed by atoms with Gasteiger partial charge < -0.3 is 9.84 Å². The van der Waals surface area contributed by atoms with E-state index in [1.165, 1.54) is 5.56 Å². The number of hydrogen-bond donors (Lipinski definition) is 1. The number of rotatable bonds is 9. The van der Waals surface area contributed by atoms with Gasteiger partial charge in [0.15, 0.2) is 0 Å². The van der Waals surface area contributed by atoms with Crippen molar-refractivity contribution in [1.29, 1.82) is 0 Å². The van der Waals surface area contributed by atoms with Gasteiger partial charge in [0.05, 0.1) is 12.5 Å². The van der Waals surface area contributed by atoms with Gasteiger partial charge in [-0.05, 0) is 37.6 Å². The standard InChI is InChI=1S/C17H27NO3/c1-5-11-21-16-9-7-15(8-10-16)14(4)18(6-2)12-13(3)17(19)20/h7-10,13-14H,5-6,11-12H2,1-4H3,(H,19,20). The third-order valence-electron chi connectivity index (χ3n) is 3.72. The third kappa shape index (κ3) is 5.38. The molecule has 1 N–H and O–H groups in total. The average Bonchev–Trinajstić information content (AvgIpc) is 2.50. The first-order valence-corrected chi connectivity index (χ1v) is 7.69. The molecule has 0 spiro atoms. The van der Waals surface area contributed by atoms with Crippen molar-refractivity contribution in [2.75, 3.05) is 19.7 Å². The molecule has 0 aliphatic heterocycles. The SMILES string of the molecule is CCCOc1ccc(C(C)N(CC)CC(C)C(=O)O)cc1. The molecule has 0 aliphatic rings. The van der Waals surface area contributed by atoms with Gasteiger partial charge in [-0.25, -0.2) is 0 Å². The van der Waals surface area contributed by atoms with Crippen molar-refractivity contribution < 1.29 is 14.6 Å². The highest BCUT2D eigenvalue weighted by atomic mass is 16.5. The first-order chi connectivity index (χ1) is 9.99. The quantitative estimate of drug-likeness (QED) is 0.756. The molecule has 0 bridgehead atoms. The van der Waals surface area contributed by atoms with Crippen LogP contribution < -0.4 is 4.74 Å². The van der Waals surface area contributed by atoms with Crippen LogP contribution in [0.3, 0.4) is 0 Å². The molecule has 2 atom stereocenters. The van der Waals surface area contributed by atoms with E-state index in [0.29, 0.717) is 6.54 Å². The molecular weight excluding hydrogens is 266 g/mol. The maximum absolute atomic E-state index is 11.0. The number of carboxylic acids is 1. The molecule has 0 amide bonds. The van der Waals surface area contributed by atoms with Crippen molar-refractivity contribution in [1.82, 2.24) is 4.90 Å². The molecule has 0 heterocycles. The lowest BCUT2D eigenvalue weighted by Crippen LogP contribution is -2.33. The normalized spacial score (nSPS) is 14.0. The Kier molecular flexibility index (Phi) is 7.23. The largest absolute Gasteiger partial charge is 0.494 e. The summed E-state index contributed by atoms with van der Waals surface area (Å²) in [5.41, 5.74) is 1.18. The lowest BCUT2D eigenvalue weighted by Gasteiger charge is -2.29. The molecule has 1 rings (SSSR count). The summed E-state index contributed by atoms with van der Waals surface area (Å²) in [5.74, 6) is -0.224. The monoisotopic (exact) mass is 293 g/mol. The Balaban J connectivity index is 2.70. The summed E-state index contributed by atoms with van der Waals surface area (Å²) in [6, 6.07) is 8.27. The third-order valence-corrected chi connectivity index (χ3v) is 3.72. The molecule has 2 unspecified atom stereocenters. The second-order valence-corrected chi connectivity index (χ2v) is 5.42. The summed E-state index contributed by atoms with van der Waals surface area (Å²) < 4.78 is 5.58. The fourth-order valence-corrected chi connectivity index (χ4v) is 2.26. The van der Waals surface area contributed by atoms with Gasteiger partial charge in [0, 0.05) is 12.6 Å². The lowest BCUT2D eigenvalue weighted by atomic mass is 10.0. The summed E-state index contributed by atoms with van der Waals surface area (Å²) in [6.45, 7) is 10.1. The summed E-state index contributed by atoms with van der Waals surface area (Å²) in [5, 5.41) is 9.05. The molecule has 0 aliphatic carbocycles. The summed E-state index contributed by atoms with van der Waals surface area (Å²) in [4.78, 5) is 13.2. The van der Waals surface area contributed by atoms with Crippen LogP contribution in [0.4, 0.5) is 0 Å². The molecular formula is C17H27NO3. The van der Waals surface area contributed by atoms with Crippen molar-refractivity contribution in [3.8, 4) is 5.75 Å². The molecule has 4 nitrogen and oxygen atoms in total. The van der Waals surface area contributed by atoms with E-state index in [0.717, 1.165) is 25.3 Å². The molecule has 1 aromatic rings. The average molecular weight is 293 g/mol. The molecule has 21 heavy (non-hydrogen) atoms. The Morgan fingerprint density at radius 1 is 1.24 bits per heavy atom. The van der Waals surface area contributed by atoms with Gasteiger partial charge >= 0.3 is 5.97 Å². The van der Waals surface area contributed by atoms with Crippen LogP contribution in [0.5, 0.6) is 5.75 Å². The summed E-state index contributed by atoms with van der Waals surface area (Å²) in [7, 11) is 0. The molecule has 4 heteroatoms. The van der Waals surface area contributed by atoms with Crippen molar-refractivity contribution >= 4 is 5.97 Å². The Bertz CT molecular complexity index is 430. The van der Waals surface area contributed by atoms with Gasteiger partial charge in [-0.15, -0.1) is 0 Å². The molecule has 118 valence electrons. The van der Waals surface area contributed by atoms with Gasteiger partial charge in [-0.3, -0.25) is 9.69 Å². The predicted molar refractivity (Wildman–Crippen MR) is 84.7 cm³/mol. The van der Waals surface area contributed by atoms with Crippen LogP contribution in [0.25, 0.3) is 0 Å². The van der Waals surface area contributed by atoms with Crippen LogP contribution in [0.15, 0.2) is 24.3 Å². The van der Waals surface area contributed by atoms with Crippen LogP contribution in [-0.2, 0) is 4.79 Å². The van der Waals surface area contributed by atoms with E-state index in [1.807, 2.05) is 12.1 Å². The maximum atomic E-state index is 11.0. The number of hydrogen-bond acceptors (Lipinski definition) is 3. The van der Waals surface area contributed by atoms with E-state index < -0.39 is 5.97 Å². The number of carboxylic acid groups (broad SMARTS) is 1. The fraction of sp³-hybridized carbons (Fsp3) is 0.588. The van der Waals surface area contributed by atoms with E-state index in [-0.39, 0.29) is 12.0 Å². The minimum atomic E-state index is -0.746. The summed E-state index contributed by atoms with van der Waals surface area (Å²) in [6.07, 6.45) is 0.995. The van der Waals surface area contributed by atoms with Gasteiger partial charge in [-0.1, -0.05) is 32.9 Å². The maximum Gasteiger partial charge on any atom is 0.307 e. The first kappa shape index (κ1) is 17.5. The molecule has 0 saturated heterocycles. The van der Waals surface area contributed by atoms with Crippen LogP contribution in [-0.4, -0.2) is 35.7 Å². The highest BCUT2D eigenvalue weighted by Crippen LogP contribution is 2.23. The minimum Gasteiger partial charge on any atom is -0.494 e. The number of aliphatic carboxylic acids is 1. The van der Waals surface area contributed by atoms with Crippen molar-refractivity contribution in [3.63, 3.8) is 0 Å². The van der Waals surface area contributed by atoms with Gasteiger partial charge in [0.2, 0.25) is 0 Å². The van der Waals surface area contributed by atoms with Crippen LogP contribution in [0, 0.1) is 5.92 Å². The number of ether oxygens (including phenoxy) is 1. The van der Waals surface area contributed by atoms with Gasteiger partial charge in [-0.2, -0.15) is 0 Å². The van der Waals surface area contributed by atoms with Gasteiger partial charge in [0.25, 0.3) is 0 Å². The molecule has 0 aromatic heterocycles. The van der Waals surface area contributed by atoms with Crippen LogP contribution in [0.1, 0.15) is 45.7 Å². The van der Waals surface area contributed by atoms with Crippen LogP contribution >= 0.6 is 0 Å². The molecule has 0 saturated carbocycles. The zero-order valence-electron chi connectivity index (χ0n) is 13.5. The topological polar surface area (TPSA) is 49.8 Å². The fourth-order valence-electron chi connectivity index (χ4n) is 2.26. The van der Waals surface area contributed by atoms with Gasteiger partial charge in [0.1, 0.15) is 5.75 Å². The Hall–Kier alpha value is -1.55. The summed E-state index contributed by atoms with van der Waals surface area (Å²) >= 11 is 0. The van der Waals surface area contributed by atoms with Crippen molar-refractivity contribution in [3.05, 3.63) is 29.8 Å². The van der Waals surface area contributed by atoms with Crippen LogP contribution in [0.2, 0.25) is 0 Å². The molecule has 1 aromatic carbocycles. The zero-order chi connectivity index (χ0) is 15.8. The van der Waals surface area contributed by atoms with Crippen molar-refractivity contribution in [2.45, 2.75) is 40.2 Å². The number of nitrogens with zero attached hydrogens (tertiary/aromatic N) is 1. The predicted octanol–water partition coefficient (Wildman–Crippen LogP) is 3.58. The number of benzene rings is 1. The van der Waals surface area contributed by atoms with E-state index in [2.05, 4.69) is 37.8 Å².